The highest BCUT2D eigenvalue weighted by Gasteiger charge is 2.24. The number of allylic oxidation sites excluding steroid dienone is 1. The molecule has 6 heteroatoms. The number of carboxylic acids is 1. The Kier molecular flexibility index (Phi) is 5.84. The zero-order valence-electron chi connectivity index (χ0n) is 14.2. The number of nitrogens with one attached hydrogen (secondary N) is 1. The minimum Gasteiger partial charge on any atom is -0.493 e. The van der Waals surface area contributed by atoms with Crippen LogP contribution in [-0.2, 0) is 9.59 Å². The number of rotatable bonds is 7. The maximum Gasteiger partial charge on any atom is 0.305 e. The molecule has 1 amide bonds. The van der Waals surface area contributed by atoms with Gasteiger partial charge >= 0.3 is 5.97 Å². The van der Waals surface area contributed by atoms with Gasteiger partial charge in [0.05, 0.1) is 26.7 Å². The average Bonchev–Trinajstić information content (AvgIpc) is 2.99. The molecule has 1 aliphatic carbocycles. The van der Waals surface area contributed by atoms with E-state index >= 15 is 0 Å². The molecule has 6 nitrogen and oxygen atoms in total. The SMILES string of the molecule is COc1ccc(C(CC(=O)O)NC(=O)C2=C(C)CCC2)cc1OC. The van der Waals surface area contributed by atoms with Crippen LogP contribution in [0.25, 0.3) is 0 Å². The molecule has 1 aromatic carbocycles. The highest BCUT2D eigenvalue weighted by molar-refractivity contribution is 5.95. The zero-order chi connectivity index (χ0) is 17.7. The molecule has 24 heavy (non-hydrogen) atoms. The van der Waals surface area contributed by atoms with Gasteiger partial charge < -0.3 is 19.9 Å². The fraction of sp³-hybridized carbons (Fsp3) is 0.444. The van der Waals surface area contributed by atoms with Crippen LogP contribution in [-0.4, -0.2) is 31.2 Å². The molecule has 0 saturated carbocycles. The van der Waals surface area contributed by atoms with E-state index in [1.54, 1.807) is 18.2 Å². The third kappa shape index (κ3) is 4.07. The number of amides is 1. The van der Waals surface area contributed by atoms with Gasteiger partial charge in [-0.05, 0) is 43.9 Å². The molecule has 2 N–H and O–H groups in total. The maximum absolute atomic E-state index is 12.5. The number of hydrogen-bond acceptors (Lipinski definition) is 4. The molecule has 130 valence electrons. The normalized spacial score (nSPS) is 15.1. The van der Waals surface area contributed by atoms with Crippen LogP contribution in [0, 0.1) is 0 Å². The van der Waals surface area contributed by atoms with E-state index in [9.17, 15) is 14.7 Å². The Balaban J connectivity index is 2.26. The lowest BCUT2D eigenvalue weighted by atomic mass is 10.0. The number of aliphatic carboxylic acids is 1. The molecule has 0 heterocycles. The number of benzene rings is 1. The molecule has 0 spiro atoms. The highest BCUT2D eigenvalue weighted by Crippen LogP contribution is 2.32. The van der Waals surface area contributed by atoms with Gasteiger partial charge in [-0.15, -0.1) is 0 Å². The summed E-state index contributed by atoms with van der Waals surface area (Å²) in [5.74, 6) is -0.120. The predicted molar refractivity (Wildman–Crippen MR) is 89.2 cm³/mol. The Morgan fingerprint density at radius 1 is 1.21 bits per heavy atom. The van der Waals surface area contributed by atoms with Crippen LogP contribution < -0.4 is 14.8 Å². The van der Waals surface area contributed by atoms with Crippen LogP contribution in [0.15, 0.2) is 29.3 Å². The van der Waals surface area contributed by atoms with Gasteiger partial charge in [0.1, 0.15) is 0 Å². The zero-order valence-corrected chi connectivity index (χ0v) is 14.2. The van der Waals surface area contributed by atoms with Crippen LogP contribution in [0.3, 0.4) is 0 Å². The van der Waals surface area contributed by atoms with Gasteiger partial charge in [-0.1, -0.05) is 11.6 Å². The second-order valence-electron chi connectivity index (χ2n) is 5.85. The summed E-state index contributed by atoms with van der Waals surface area (Å²) in [6.45, 7) is 1.95. The van der Waals surface area contributed by atoms with E-state index in [0.717, 1.165) is 30.4 Å². The maximum atomic E-state index is 12.5. The number of carboxylic acid groups (broad SMARTS) is 1. The molecular weight excluding hydrogens is 310 g/mol. The first-order chi connectivity index (χ1) is 11.5. The van der Waals surface area contributed by atoms with Crippen molar-refractivity contribution in [2.24, 2.45) is 0 Å². The largest absolute Gasteiger partial charge is 0.493 e. The lowest BCUT2D eigenvalue weighted by molar-refractivity contribution is -0.137. The van der Waals surface area contributed by atoms with Gasteiger partial charge in [0.15, 0.2) is 11.5 Å². The second kappa shape index (κ2) is 7.86. The first-order valence-corrected chi connectivity index (χ1v) is 7.89. The molecule has 0 bridgehead atoms. The molecule has 1 unspecified atom stereocenters. The third-order valence-corrected chi connectivity index (χ3v) is 4.26. The van der Waals surface area contributed by atoms with Crippen molar-refractivity contribution in [3.8, 4) is 11.5 Å². The van der Waals surface area contributed by atoms with Crippen molar-refractivity contribution in [2.45, 2.75) is 38.6 Å². The summed E-state index contributed by atoms with van der Waals surface area (Å²) in [6.07, 6.45) is 2.42. The van der Waals surface area contributed by atoms with Crippen LogP contribution in [0.1, 0.15) is 44.2 Å². The fourth-order valence-corrected chi connectivity index (χ4v) is 2.94. The summed E-state index contributed by atoms with van der Waals surface area (Å²) in [5, 5.41) is 12.0. The average molecular weight is 333 g/mol. The Labute approximate surface area is 141 Å². The van der Waals surface area contributed by atoms with Crippen LogP contribution in [0.2, 0.25) is 0 Å². The van der Waals surface area contributed by atoms with Crippen LogP contribution in [0.5, 0.6) is 11.5 Å². The smallest absolute Gasteiger partial charge is 0.305 e. The summed E-state index contributed by atoms with van der Waals surface area (Å²) in [6, 6.07) is 4.51. The lowest BCUT2D eigenvalue weighted by Gasteiger charge is -2.19. The van der Waals surface area contributed by atoms with Crippen molar-refractivity contribution in [3.05, 3.63) is 34.9 Å². The van der Waals surface area contributed by atoms with Crippen molar-refractivity contribution < 1.29 is 24.2 Å². The molecule has 0 fully saturated rings. The topological polar surface area (TPSA) is 84.9 Å². The molecule has 0 saturated heterocycles. The van der Waals surface area contributed by atoms with E-state index < -0.39 is 12.0 Å². The Morgan fingerprint density at radius 3 is 2.46 bits per heavy atom. The molecule has 1 atom stereocenters. The molecule has 0 aromatic heterocycles. The van der Waals surface area contributed by atoms with Crippen molar-refractivity contribution in [2.75, 3.05) is 14.2 Å². The van der Waals surface area contributed by atoms with E-state index in [-0.39, 0.29) is 12.3 Å². The van der Waals surface area contributed by atoms with Gasteiger partial charge in [0, 0.05) is 5.57 Å². The van der Waals surface area contributed by atoms with Crippen molar-refractivity contribution in [3.63, 3.8) is 0 Å². The number of hydrogen-bond donors (Lipinski definition) is 2. The minimum atomic E-state index is -0.979. The van der Waals surface area contributed by atoms with Crippen molar-refractivity contribution in [1.82, 2.24) is 5.32 Å². The van der Waals surface area contributed by atoms with Crippen LogP contribution in [0.4, 0.5) is 0 Å². The Morgan fingerprint density at radius 2 is 1.92 bits per heavy atom. The number of carbonyl (C=O) groups excluding carboxylic acids is 1. The van der Waals surface area contributed by atoms with Gasteiger partial charge in [-0.2, -0.15) is 0 Å². The Hall–Kier alpha value is -2.50. The fourth-order valence-electron chi connectivity index (χ4n) is 2.94. The van der Waals surface area contributed by atoms with Gasteiger partial charge in [0.2, 0.25) is 5.91 Å². The van der Waals surface area contributed by atoms with Crippen LogP contribution >= 0.6 is 0 Å². The van der Waals surface area contributed by atoms with E-state index in [4.69, 9.17) is 9.47 Å². The summed E-state index contributed by atoms with van der Waals surface area (Å²) in [7, 11) is 3.04. The first kappa shape index (κ1) is 17.8. The number of ether oxygens (including phenoxy) is 2. The third-order valence-electron chi connectivity index (χ3n) is 4.26. The summed E-state index contributed by atoms with van der Waals surface area (Å²) >= 11 is 0. The van der Waals surface area contributed by atoms with Crippen molar-refractivity contribution in [1.29, 1.82) is 0 Å². The minimum absolute atomic E-state index is 0.189. The molecule has 2 rings (SSSR count). The van der Waals surface area contributed by atoms with Crippen molar-refractivity contribution >= 4 is 11.9 Å². The number of carbonyl (C=O) groups is 2. The van der Waals surface area contributed by atoms with E-state index in [1.807, 2.05) is 6.92 Å². The molecule has 0 aliphatic heterocycles. The van der Waals surface area contributed by atoms with Gasteiger partial charge in [-0.3, -0.25) is 9.59 Å². The van der Waals surface area contributed by atoms with E-state index in [2.05, 4.69) is 5.32 Å². The standard InChI is InChI=1S/C18H23NO5/c1-11-5-4-6-13(11)18(22)19-14(10-17(20)21)12-7-8-15(23-2)16(9-12)24-3/h7-9,14H,4-6,10H2,1-3H3,(H,19,22)(H,20,21). The van der Waals surface area contributed by atoms with E-state index in [0.29, 0.717) is 17.1 Å². The first-order valence-electron chi connectivity index (χ1n) is 7.89. The molecule has 0 radical (unpaired) electrons. The lowest BCUT2D eigenvalue weighted by Crippen LogP contribution is -2.31. The van der Waals surface area contributed by atoms with Gasteiger partial charge in [-0.25, -0.2) is 0 Å². The molecule has 1 aromatic rings. The monoisotopic (exact) mass is 333 g/mol. The quantitative estimate of drug-likeness (QED) is 0.801. The second-order valence-corrected chi connectivity index (χ2v) is 5.85. The van der Waals surface area contributed by atoms with E-state index in [1.165, 1.54) is 14.2 Å². The summed E-state index contributed by atoms with van der Waals surface area (Å²) in [4.78, 5) is 23.7. The number of methoxy groups -OCH3 is 2. The molecule has 1 aliphatic rings. The predicted octanol–water partition coefficient (Wildman–Crippen LogP) is 2.84. The highest BCUT2D eigenvalue weighted by atomic mass is 16.5. The molecular formula is C18H23NO5. The summed E-state index contributed by atoms with van der Waals surface area (Å²) in [5.41, 5.74) is 2.51. The summed E-state index contributed by atoms with van der Waals surface area (Å²) < 4.78 is 10.5. The Bertz CT molecular complexity index is 665. The van der Waals surface area contributed by atoms with Gasteiger partial charge in [0.25, 0.3) is 0 Å².